The van der Waals surface area contributed by atoms with Crippen LogP contribution in [0, 0.1) is 12.8 Å². The number of benzene rings is 1. The first-order valence-corrected chi connectivity index (χ1v) is 8.18. The molecule has 22 heavy (non-hydrogen) atoms. The van der Waals surface area contributed by atoms with Gasteiger partial charge in [-0.3, -0.25) is 4.99 Å². The standard InChI is InChI=1S/C18H31N3O/c1-6-22-17(14(2)3)11-12-20-18(19-5)21-13-16-9-7-15(4)8-10-16/h7-10,14,17H,6,11-13H2,1-5H3,(H2,19,20,21). The molecule has 0 saturated carbocycles. The molecule has 0 aliphatic carbocycles. The SMILES string of the molecule is CCOC(CCNC(=NC)NCc1ccc(C)cc1)C(C)C. The fraction of sp³-hybridized carbons (Fsp3) is 0.611. The topological polar surface area (TPSA) is 45.6 Å². The Bertz CT molecular complexity index is 440. The van der Waals surface area contributed by atoms with Crippen molar-refractivity contribution < 1.29 is 4.74 Å². The van der Waals surface area contributed by atoms with Crippen LogP contribution in [0.5, 0.6) is 0 Å². The Morgan fingerprint density at radius 1 is 1.18 bits per heavy atom. The van der Waals surface area contributed by atoms with Gasteiger partial charge >= 0.3 is 0 Å². The van der Waals surface area contributed by atoms with Gasteiger partial charge in [-0.1, -0.05) is 43.7 Å². The predicted octanol–water partition coefficient (Wildman–Crippen LogP) is 3.11. The van der Waals surface area contributed by atoms with Crippen LogP contribution >= 0.6 is 0 Å². The zero-order valence-corrected chi connectivity index (χ0v) is 14.6. The van der Waals surface area contributed by atoms with Crippen molar-refractivity contribution in [2.24, 2.45) is 10.9 Å². The molecule has 0 aliphatic heterocycles. The van der Waals surface area contributed by atoms with Gasteiger partial charge in [0, 0.05) is 26.7 Å². The van der Waals surface area contributed by atoms with Crippen molar-refractivity contribution >= 4 is 5.96 Å². The number of guanidine groups is 1. The second-order valence-electron chi connectivity index (χ2n) is 5.86. The predicted molar refractivity (Wildman–Crippen MR) is 94.2 cm³/mol. The molecule has 1 aromatic rings. The molecule has 0 amide bonds. The fourth-order valence-corrected chi connectivity index (χ4v) is 2.27. The molecule has 2 N–H and O–H groups in total. The number of aryl methyl sites for hydroxylation is 1. The second kappa shape index (κ2) is 10.2. The van der Waals surface area contributed by atoms with E-state index in [1.165, 1.54) is 11.1 Å². The summed E-state index contributed by atoms with van der Waals surface area (Å²) in [6, 6.07) is 8.53. The first-order chi connectivity index (χ1) is 10.6. The molecule has 4 heteroatoms. The molecule has 0 bridgehead atoms. The number of aliphatic imine (C=N–C) groups is 1. The number of ether oxygens (including phenoxy) is 1. The number of nitrogens with one attached hydrogen (secondary N) is 2. The molecule has 0 heterocycles. The first-order valence-electron chi connectivity index (χ1n) is 8.18. The zero-order valence-electron chi connectivity index (χ0n) is 14.6. The summed E-state index contributed by atoms with van der Waals surface area (Å²) in [6.45, 7) is 10.9. The van der Waals surface area contributed by atoms with E-state index in [2.05, 4.69) is 60.7 Å². The summed E-state index contributed by atoms with van der Waals surface area (Å²) < 4.78 is 5.76. The first kappa shape index (κ1) is 18.5. The largest absolute Gasteiger partial charge is 0.378 e. The zero-order chi connectivity index (χ0) is 16.4. The molecule has 1 rings (SSSR count). The van der Waals surface area contributed by atoms with Crippen molar-refractivity contribution in [2.75, 3.05) is 20.2 Å². The van der Waals surface area contributed by atoms with Gasteiger partial charge in [-0.15, -0.1) is 0 Å². The highest BCUT2D eigenvalue weighted by atomic mass is 16.5. The second-order valence-corrected chi connectivity index (χ2v) is 5.86. The Morgan fingerprint density at radius 2 is 1.86 bits per heavy atom. The molecule has 0 saturated heterocycles. The van der Waals surface area contributed by atoms with Crippen LogP contribution in [0.4, 0.5) is 0 Å². The molecule has 0 aromatic heterocycles. The minimum Gasteiger partial charge on any atom is -0.378 e. The minimum absolute atomic E-state index is 0.299. The smallest absolute Gasteiger partial charge is 0.191 e. The van der Waals surface area contributed by atoms with Crippen molar-refractivity contribution in [1.82, 2.24) is 10.6 Å². The van der Waals surface area contributed by atoms with Crippen molar-refractivity contribution in [3.8, 4) is 0 Å². The van der Waals surface area contributed by atoms with Crippen LogP contribution in [0.15, 0.2) is 29.3 Å². The number of rotatable bonds is 8. The third-order valence-corrected chi connectivity index (χ3v) is 3.65. The van der Waals surface area contributed by atoms with E-state index in [1.54, 1.807) is 7.05 Å². The van der Waals surface area contributed by atoms with Crippen LogP contribution in [0.1, 0.15) is 38.3 Å². The van der Waals surface area contributed by atoms with Crippen molar-refractivity contribution in [3.63, 3.8) is 0 Å². The molecule has 0 fully saturated rings. The molecule has 4 nitrogen and oxygen atoms in total. The average molecular weight is 305 g/mol. The summed E-state index contributed by atoms with van der Waals surface area (Å²) in [4.78, 5) is 4.26. The van der Waals surface area contributed by atoms with Crippen LogP contribution < -0.4 is 10.6 Å². The fourth-order valence-electron chi connectivity index (χ4n) is 2.27. The van der Waals surface area contributed by atoms with E-state index in [1.807, 2.05) is 6.92 Å². The van der Waals surface area contributed by atoms with Crippen LogP contribution in [-0.4, -0.2) is 32.3 Å². The van der Waals surface area contributed by atoms with Crippen molar-refractivity contribution in [1.29, 1.82) is 0 Å². The van der Waals surface area contributed by atoms with Gasteiger partial charge in [0.15, 0.2) is 5.96 Å². The molecular weight excluding hydrogens is 274 g/mol. The molecule has 0 radical (unpaired) electrons. The van der Waals surface area contributed by atoms with Gasteiger partial charge in [0.1, 0.15) is 0 Å². The lowest BCUT2D eigenvalue weighted by molar-refractivity contribution is 0.0258. The molecule has 0 spiro atoms. The van der Waals surface area contributed by atoms with Gasteiger partial charge in [0.05, 0.1) is 6.10 Å². The molecular formula is C18H31N3O. The van der Waals surface area contributed by atoms with Crippen LogP contribution in [0.25, 0.3) is 0 Å². The third kappa shape index (κ3) is 6.94. The van der Waals surface area contributed by atoms with Gasteiger partial charge < -0.3 is 15.4 Å². The maximum absolute atomic E-state index is 5.76. The van der Waals surface area contributed by atoms with E-state index in [9.17, 15) is 0 Å². The quantitative estimate of drug-likeness (QED) is 0.573. The van der Waals surface area contributed by atoms with Gasteiger partial charge in [0.2, 0.25) is 0 Å². The summed E-state index contributed by atoms with van der Waals surface area (Å²) in [7, 11) is 1.80. The number of nitrogens with zero attached hydrogens (tertiary/aromatic N) is 1. The van der Waals surface area contributed by atoms with Crippen molar-refractivity contribution in [3.05, 3.63) is 35.4 Å². The minimum atomic E-state index is 0.299. The summed E-state index contributed by atoms with van der Waals surface area (Å²) in [5.41, 5.74) is 2.53. The summed E-state index contributed by atoms with van der Waals surface area (Å²) in [5, 5.41) is 6.69. The van der Waals surface area contributed by atoms with E-state index in [4.69, 9.17) is 4.74 Å². The average Bonchev–Trinajstić information content (AvgIpc) is 2.51. The monoisotopic (exact) mass is 305 g/mol. The van der Waals surface area contributed by atoms with Gasteiger partial charge in [-0.2, -0.15) is 0 Å². The van der Waals surface area contributed by atoms with Crippen LogP contribution in [0.2, 0.25) is 0 Å². The Morgan fingerprint density at radius 3 is 2.41 bits per heavy atom. The molecule has 1 aromatic carbocycles. The Balaban J connectivity index is 2.34. The van der Waals surface area contributed by atoms with E-state index in [0.29, 0.717) is 12.0 Å². The molecule has 1 atom stereocenters. The summed E-state index contributed by atoms with van der Waals surface area (Å²) in [6.07, 6.45) is 1.28. The molecule has 1 unspecified atom stereocenters. The highest BCUT2D eigenvalue weighted by molar-refractivity contribution is 5.79. The number of hydrogen-bond acceptors (Lipinski definition) is 2. The van der Waals surface area contributed by atoms with E-state index < -0.39 is 0 Å². The summed E-state index contributed by atoms with van der Waals surface area (Å²) >= 11 is 0. The maximum atomic E-state index is 5.76. The highest BCUT2D eigenvalue weighted by Crippen LogP contribution is 2.09. The molecule has 124 valence electrons. The van der Waals surface area contributed by atoms with E-state index in [-0.39, 0.29) is 0 Å². The van der Waals surface area contributed by atoms with E-state index >= 15 is 0 Å². The Labute approximate surface area is 135 Å². The maximum Gasteiger partial charge on any atom is 0.191 e. The van der Waals surface area contributed by atoms with Gasteiger partial charge in [-0.25, -0.2) is 0 Å². The van der Waals surface area contributed by atoms with Crippen molar-refractivity contribution in [2.45, 2.75) is 46.8 Å². The van der Waals surface area contributed by atoms with Gasteiger partial charge in [-0.05, 0) is 31.7 Å². The van der Waals surface area contributed by atoms with Crippen LogP contribution in [-0.2, 0) is 11.3 Å². The third-order valence-electron chi connectivity index (χ3n) is 3.65. The van der Waals surface area contributed by atoms with Crippen LogP contribution in [0.3, 0.4) is 0 Å². The number of hydrogen-bond donors (Lipinski definition) is 2. The van der Waals surface area contributed by atoms with E-state index in [0.717, 1.165) is 32.1 Å². The lowest BCUT2D eigenvalue weighted by Crippen LogP contribution is -2.38. The normalized spacial score (nSPS) is 13.3. The molecule has 0 aliphatic rings. The highest BCUT2D eigenvalue weighted by Gasteiger charge is 2.12. The lowest BCUT2D eigenvalue weighted by atomic mass is 10.0. The lowest BCUT2D eigenvalue weighted by Gasteiger charge is -2.21. The van der Waals surface area contributed by atoms with Gasteiger partial charge in [0.25, 0.3) is 0 Å². The Kier molecular flexibility index (Phi) is 8.60. The Hall–Kier alpha value is -1.55. The summed E-state index contributed by atoms with van der Waals surface area (Å²) in [5.74, 6) is 1.36.